The highest BCUT2D eigenvalue weighted by Gasteiger charge is 2.04. The van der Waals surface area contributed by atoms with Crippen LogP contribution in [0.3, 0.4) is 0 Å². The summed E-state index contributed by atoms with van der Waals surface area (Å²) >= 11 is 5.33. The van der Waals surface area contributed by atoms with Gasteiger partial charge in [-0.2, -0.15) is 0 Å². The lowest BCUT2D eigenvalue weighted by Crippen LogP contribution is -2.35. The van der Waals surface area contributed by atoms with E-state index < -0.39 is 6.09 Å². The molecule has 94 valence electrons. The molecule has 0 radical (unpaired) electrons. The molecule has 0 saturated heterocycles. The molecule has 0 spiro atoms. The molecule has 16 heavy (non-hydrogen) atoms. The van der Waals surface area contributed by atoms with Crippen LogP contribution in [-0.2, 0) is 9.53 Å². The number of alkyl carbamates (subject to hydrolysis) is 1. The number of rotatable bonds is 7. The van der Waals surface area contributed by atoms with Crippen molar-refractivity contribution in [3.63, 3.8) is 0 Å². The van der Waals surface area contributed by atoms with Gasteiger partial charge in [-0.1, -0.05) is 13.8 Å². The van der Waals surface area contributed by atoms with E-state index in [1.165, 1.54) is 0 Å². The molecule has 0 rings (SSSR count). The van der Waals surface area contributed by atoms with Crippen molar-refractivity contribution < 1.29 is 14.3 Å². The highest BCUT2D eigenvalue weighted by Crippen LogP contribution is 1.97. The van der Waals surface area contributed by atoms with Crippen molar-refractivity contribution in [1.29, 1.82) is 0 Å². The first kappa shape index (κ1) is 15.0. The van der Waals surface area contributed by atoms with Gasteiger partial charge in [-0.25, -0.2) is 4.79 Å². The van der Waals surface area contributed by atoms with Crippen LogP contribution in [-0.4, -0.2) is 37.6 Å². The van der Waals surface area contributed by atoms with Crippen LogP contribution in [0.15, 0.2) is 0 Å². The number of carbonyl (C=O) groups is 2. The number of carbonyl (C=O) groups excluding carboxylic acids is 2. The third-order valence-electron chi connectivity index (χ3n) is 1.62. The van der Waals surface area contributed by atoms with Crippen LogP contribution >= 0.6 is 11.6 Å². The van der Waals surface area contributed by atoms with E-state index in [4.69, 9.17) is 11.6 Å². The maximum Gasteiger partial charge on any atom is 0.407 e. The standard InChI is InChI=1S/C10H19ClN2O3/c1-8(2)7-9(14)12-4-5-13-10(15)16-6-3-11/h8H,3-7H2,1-2H3,(H,12,14)(H,13,15). The van der Waals surface area contributed by atoms with Crippen molar-refractivity contribution in [3.05, 3.63) is 0 Å². The Bertz CT molecular complexity index is 222. The average molecular weight is 251 g/mol. The van der Waals surface area contributed by atoms with E-state index in [0.29, 0.717) is 25.4 Å². The highest BCUT2D eigenvalue weighted by molar-refractivity contribution is 6.18. The molecule has 0 atom stereocenters. The molecule has 0 aliphatic carbocycles. The van der Waals surface area contributed by atoms with Gasteiger partial charge in [0, 0.05) is 19.5 Å². The lowest BCUT2D eigenvalue weighted by atomic mass is 10.1. The average Bonchev–Trinajstić information content (AvgIpc) is 2.20. The zero-order chi connectivity index (χ0) is 12.4. The number of alkyl halides is 1. The number of ether oxygens (including phenoxy) is 1. The first-order valence-corrected chi connectivity index (χ1v) is 5.83. The van der Waals surface area contributed by atoms with Crippen molar-refractivity contribution in [3.8, 4) is 0 Å². The Morgan fingerprint density at radius 1 is 1.25 bits per heavy atom. The Kier molecular flexibility index (Phi) is 8.71. The van der Waals surface area contributed by atoms with Gasteiger partial charge >= 0.3 is 6.09 Å². The number of nitrogens with one attached hydrogen (secondary N) is 2. The zero-order valence-electron chi connectivity index (χ0n) is 9.72. The molecule has 2 amide bonds. The van der Waals surface area contributed by atoms with Gasteiger partial charge in [-0.05, 0) is 5.92 Å². The van der Waals surface area contributed by atoms with Crippen molar-refractivity contribution in [2.45, 2.75) is 20.3 Å². The van der Waals surface area contributed by atoms with Gasteiger partial charge < -0.3 is 15.4 Å². The van der Waals surface area contributed by atoms with Gasteiger partial charge in [0.25, 0.3) is 0 Å². The molecule has 0 saturated carbocycles. The van der Waals surface area contributed by atoms with E-state index in [9.17, 15) is 9.59 Å². The fourth-order valence-corrected chi connectivity index (χ4v) is 1.07. The number of amides is 2. The van der Waals surface area contributed by atoms with Gasteiger partial charge in [0.05, 0.1) is 5.88 Å². The van der Waals surface area contributed by atoms with Gasteiger partial charge in [0.15, 0.2) is 0 Å². The van der Waals surface area contributed by atoms with Crippen LogP contribution in [0.2, 0.25) is 0 Å². The van der Waals surface area contributed by atoms with Crippen LogP contribution in [0.4, 0.5) is 4.79 Å². The highest BCUT2D eigenvalue weighted by atomic mass is 35.5. The first-order valence-electron chi connectivity index (χ1n) is 5.29. The Hall–Kier alpha value is -0.970. The molecular weight excluding hydrogens is 232 g/mol. The Labute approximate surface area is 101 Å². The Balaban J connectivity index is 3.38. The molecule has 2 N–H and O–H groups in total. The second-order valence-corrected chi connectivity index (χ2v) is 4.08. The molecule has 0 aliphatic heterocycles. The number of hydrogen-bond donors (Lipinski definition) is 2. The van der Waals surface area contributed by atoms with Crippen LogP contribution in [0.1, 0.15) is 20.3 Å². The van der Waals surface area contributed by atoms with E-state index in [-0.39, 0.29) is 18.4 Å². The van der Waals surface area contributed by atoms with E-state index in [0.717, 1.165) is 0 Å². The van der Waals surface area contributed by atoms with E-state index in [1.807, 2.05) is 13.8 Å². The third kappa shape index (κ3) is 9.58. The van der Waals surface area contributed by atoms with Gasteiger partial charge in [-0.15, -0.1) is 11.6 Å². The minimum atomic E-state index is -0.515. The molecule has 0 aromatic heterocycles. The quantitative estimate of drug-likeness (QED) is 0.526. The second-order valence-electron chi connectivity index (χ2n) is 3.70. The molecule has 0 fully saturated rings. The molecule has 0 aromatic rings. The number of halogens is 1. The van der Waals surface area contributed by atoms with Crippen molar-refractivity contribution in [2.24, 2.45) is 5.92 Å². The van der Waals surface area contributed by atoms with Gasteiger partial charge in [-0.3, -0.25) is 4.79 Å². The summed E-state index contributed by atoms with van der Waals surface area (Å²) in [4.78, 5) is 22.1. The van der Waals surface area contributed by atoms with Crippen LogP contribution in [0.25, 0.3) is 0 Å². The van der Waals surface area contributed by atoms with Crippen LogP contribution in [0.5, 0.6) is 0 Å². The normalized spacial score (nSPS) is 10.0. The van der Waals surface area contributed by atoms with Crippen LogP contribution in [0, 0.1) is 5.92 Å². The molecule has 0 aromatic carbocycles. The summed E-state index contributed by atoms with van der Waals surface area (Å²) in [5.41, 5.74) is 0. The summed E-state index contributed by atoms with van der Waals surface area (Å²) in [6.45, 7) is 4.89. The van der Waals surface area contributed by atoms with E-state index in [2.05, 4.69) is 15.4 Å². The van der Waals surface area contributed by atoms with Gasteiger partial charge in [0.2, 0.25) is 5.91 Å². The lowest BCUT2D eigenvalue weighted by molar-refractivity contribution is -0.121. The summed E-state index contributed by atoms with van der Waals surface area (Å²) < 4.78 is 4.67. The van der Waals surface area contributed by atoms with Crippen molar-refractivity contribution in [1.82, 2.24) is 10.6 Å². The fourth-order valence-electron chi connectivity index (χ4n) is 0.992. The first-order chi connectivity index (χ1) is 7.56. The molecule has 0 heterocycles. The Morgan fingerprint density at radius 2 is 1.88 bits per heavy atom. The van der Waals surface area contributed by atoms with Gasteiger partial charge in [0.1, 0.15) is 6.61 Å². The topological polar surface area (TPSA) is 67.4 Å². The second kappa shape index (κ2) is 9.27. The molecule has 5 nitrogen and oxygen atoms in total. The molecule has 0 unspecified atom stereocenters. The molecular formula is C10H19ClN2O3. The smallest absolute Gasteiger partial charge is 0.407 e. The Morgan fingerprint density at radius 3 is 2.44 bits per heavy atom. The molecule has 6 heteroatoms. The zero-order valence-corrected chi connectivity index (χ0v) is 10.5. The lowest BCUT2D eigenvalue weighted by Gasteiger charge is -2.08. The largest absolute Gasteiger partial charge is 0.448 e. The van der Waals surface area contributed by atoms with Crippen molar-refractivity contribution >= 4 is 23.6 Å². The fraction of sp³-hybridized carbons (Fsp3) is 0.800. The predicted molar refractivity (Wildman–Crippen MR) is 62.5 cm³/mol. The maximum absolute atomic E-state index is 11.2. The SMILES string of the molecule is CC(C)CC(=O)NCCNC(=O)OCCCl. The molecule has 0 bridgehead atoms. The summed E-state index contributed by atoms with van der Waals surface area (Å²) in [5, 5.41) is 5.18. The summed E-state index contributed by atoms with van der Waals surface area (Å²) in [5.74, 6) is 0.603. The summed E-state index contributed by atoms with van der Waals surface area (Å²) in [7, 11) is 0. The summed E-state index contributed by atoms with van der Waals surface area (Å²) in [6.07, 6.45) is -0.0183. The number of hydrogen-bond acceptors (Lipinski definition) is 3. The summed E-state index contributed by atoms with van der Waals surface area (Å²) in [6, 6.07) is 0. The van der Waals surface area contributed by atoms with E-state index >= 15 is 0 Å². The minimum Gasteiger partial charge on any atom is -0.448 e. The molecule has 0 aliphatic rings. The minimum absolute atomic E-state index is 0.00840. The third-order valence-corrected chi connectivity index (χ3v) is 1.77. The van der Waals surface area contributed by atoms with Crippen LogP contribution < -0.4 is 10.6 Å². The monoisotopic (exact) mass is 250 g/mol. The van der Waals surface area contributed by atoms with Crippen molar-refractivity contribution in [2.75, 3.05) is 25.6 Å². The predicted octanol–water partition coefficient (Wildman–Crippen LogP) is 1.11. The van der Waals surface area contributed by atoms with E-state index in [1.54, 1.807) is 0 Å². The maximum atomic E-state index is 11.2.